The molecule has 0 heterocycles. The zero-order valence-electron chi connectivity index (χ0n) is 29.4. The Morgan fingerprint density at radius 3 is 1.51 bits per heavy atom. The van der Waals surface area contributed by atoms with Crippen LogP contribution in [0.1, 0.15) is 33.4 Å². The van der Waals surface area contributed by atoms with E-state index in [2.05, 4.69) is 4.74 Å². The van der Waals surface area contributed by atoms with E-state index in [1.807, 2.05) is 18.2 Å². The van der Waals surface area contributed by atoms with Crippen LogP contribution in [0.15, 0.2) is 97.5 Å². The monoisotopic (exact) mass is 836 g/mol. The molecule has 0 aliphatic carbocycles. The molecular weight excluding hydrogens is 805 g/mol. The number of benzene rings is 4. The molecule has 0 saturated heterocycles. The summed E-state index contributed by atoms with van der Waals surface area (Å²) in [5.41, 5.74) is 1.50. The molecule has 296 valence electrons. The summed E-state index contributed by atoms with van der Waals surface area (Å²) >= 11 is 17.0. The van der Waals surface area contributed by atoms with Crippen molar-refractivity contribution in [2.24, 2.45) is 0 Å². The van der Waals surface area contributed by atoms with E-state index in [1.165, 1.54) is 41.0 Å². The van der Waals surface area contributed by atoms with E-state index in [0.717, 1.165) is 41.5 Å². The molecule has 0 amide bonds. The van der Waals surface area contributed by atoms with Gasteiger partial charge >= 0.3 is 24.3 Å². The number of hydrogen-bond acceptors (Lipinski definition) is 8. The van der Waals surface area contributed by atoms with Crippen molar-refractivity contribution in [3.8, 4) is 11.5 Å². The zero-order chi connectivity index (χ0) is 41.3. The average molecular weight is 838 g/mol. The minimum absolute atomic E-state index is 0.0285. The van der Waals surface area contributed by atoms with E-state index >= 15 is 0 Å². The summed E-state index contributed by atoms with van der Waals surface area (Å²) in [7, 11) is 5.44. The fraction of sp³-hybridized carbons (Fsp3) is 0.211. The molecule has 4 aromatic carbocycles. The number of esters is 2. The number of rotatable bonds is 10. The third-order valence-corrected chi connectivity index (χ3v) is 7.84. The van der Waals surface area contributed by atoms with Crippen molar-refractivity contribution in [1.29, 1.82) is 0 Å². The Morgan fingerprint density at radius 1 is 0.655 bits per heavy atom. The molecule has 0 aliphatic rings. The minimum Gasteiger partial charge on any atom is -0.506 e. The van der Waals surface area contributed by atoms with Crippen LogP contribution >= 0.6 is 34.8 Å². The number of ether oxygens (including phenoxy) is 5. The molecule has 0 bridgehead atoms. The second-order valence-corrected chi connectivity index (χ2v) is 11.6. The molecule has 1 N–H and O–H groups in total. The summed E-state index contributed by atoms with van der Waals surface area (Å²) in [6.45, 7) is -0.0285. The number of phenols is 1. The van der Waals surface area contributed by atoms with Gasteiger partial charge in [0.15, 0.2) is 0 Å². The van der Waals surface area contributed by atoms with Gasteiger partial charge in [-0.15, -0.1) is 11.6 Å². The first kappa shape index (κ1) is 46.1. The summed E-state index contributed by atoms with van der Waals surface area (Å²) in [5.74, 6) is -0.982. The highest BCUT2D eigenvalue weighted by Gasteiger charge is 2.32. The van der Waals surface area contributed by atoms with Gasteiger partial charge in [0, 0.05) is 5.88 Å². The Morgan fingerprint density at radius 2 is 1.09 bits per heavy atom. The van der Waals surface area contributed by atoms with Crippen LogP contribution < -0.4 is 4.74 Å². The Kier molecular flexibility index (Phi) is 18.2. The molecule has 0 unspecified atom stereocenters. The van der Waals surface area contributed by atoms with E-state index in [4.69, 9.17) is 58.9 Å². The maximum atomic E-state index is 12.7. The lowest BCUT2D eigenvalue weighted by atomic mass is 10.0. The van der Waals surface area contributed by atoms with Crippen LogP contribution in [0.2, 0.25) is 10.0 Å². The standard InChI is InChI=1S/C19H16ClF3O4.C12H13ClO3.C7H4ClF3O/c1-25-11-15(18(24)26-2)14-6-4-3-5-12(14)10-27-17-8-7-13(9-16(17)20)19(21,22)23;1-15-8-11(12(14)16-2)10-6-4-3-5-9(10)7-13;8-5-3-4(7(9,10)11)1-2-6(5)12/h3-9,11H,10H2,1-2H3;3-6,8H,7H2,1-2H3;1-3,12H/b15-11+;11-8+;. The molecule has 0 saturated carbocycles. The van der Waals surface area contributed by atoms with Crippen molar-refractivity contribution in [2.45, 2.75) is 24.8 Å². The van der Waals surface area contributed by atoms with Crippen LogP contribution in [0.3, 0.4) is 0 Å². The lowest BCUT2D eigenvalue weighted by Crippen LogP contribution is -2.08. The van der Waals surface area contributed by atoms with Crippen molar-refractivity contribution in [1.82, 2.24) is 0 Å². The van der Waals surface area contributed by atoms with E-state index in [9.17, 15) is 35.9 Å². The summed E-state index contributed by atoms with van der Waals surface area (Å²) in [6.07, 6.45) is -6.31. The molecule has 8 nitrogen and oxygen atoms in total. The van der Waals surface area contributed by atoms with E-state index < -0.39 is 35.4 Å². The Bertz CT molecular complexity index is 1960. The van der Waals surface area contributed by atoms with Gasteiger partial charge in [0.1, 0.15) is 29.3 Å². The second kappa shape index (κ2) is 21.7. The number of alkyl halides is 7. The number of carbonyl (C=O) groups excluding carboxylic acids is 2. The maximum absolute atomic E-state index is 12.7. The molecular formula is C38H33Cl3F6O8. The molecule has 0 radical (unpaired) electrons. The van der Waals surface area contributed by atoms with Crippen LogP contribution in [0.25, 0.3) is 11.1 Å². The quantitative estimate of drug-likeness (QED) is 0.0554. The lowest BCUT2D eigenvalue weighted by molar-refractivity contribution is -0.138. The smallest absolute Gasteiger partial charge is 0.416 e. The highest BCUT2D eigenvalue weighted by molar-refractivity contribution is 6.32. The Labute approximate surface area is 327 Å². The Hall–Kier alpha value is -5.05. The second-order valence-electron chi connectivity index (χ2n) is 10.6. The van der Waals surface area contributed by atoms with Crippen LogP contribution in [-0.4, -0.2) is 45.5 Å². The third kappa shape index (κ3) is 13.9. The van der Waals surface area contributed by atoms with Crippen LogP contribution in [-0.2, 0) is 53.4 Å². The highest BCUT2D eigenvalue weighted by atomic mass is 35.5. The molecule has 4 rings (SSSR count). The molecule has 0 aliphatic heterocycles. The first-order chi connectivity index (χ1) is 25.9. The van der Waals surface area contributed by atoms with Crippen molar-refractivity contribution >= 4 is 57.9 Å². The first-order valence-corrected chi connectivity index (χ1v) is 16.6. The number of carbonyl (C=O) groups is 2. The normalized spacial score (nSPS) is 11.6. The van der Waals surface area contributed by atoms with Gasteiger partial charge in [-0.1, -0.05) is 71.7 Å². The topological polar surface area (TPSA) is 101 Å². The largest absolute Gasteiger partial charge is 0.506 e. The molecule has 55 heavy (non-hydrogen) atoms. The number of methoxy groups -OCH3 is 4. The molecule has 0 fully saturated rings. The predicted octanol–water partition coefficient (Wildman–Crippen LogP) is 10.7. The van der Waals surface area contributed by atoms with Crippen LogP contribution in [0.4, 0.5) is 26.3 Å². The van der Waals surface area contributed by atoms with Gasteiger partial charge in [-0.05, 0) is 58.7 Å². The van der Waals surface area contributed by atoms with Gasteiger partial charge in [-0.2, -0.15) is 26.3 Å². The van der Waals surface area contributed by atoms with Gasteiger partial charge in [0.2, 0.25) is 0 Å². The SMILES string of the molecule is CO/C=C(/C(=O)OC)c1ccccc1CCl.CO/C=C(/C(=O)OC)c1ccccc1COc1ccc(C(F)(F)F)cc1Cl.Oc1ccc(C(F)(F)F)cc1Cl. The van der Waals surface area contributed by atoms with Gasteiger partial charge in [-0.3, -0.25) is 0 Å². The minimum atomic E-state index is -4.49. The summed E-state index contributed by atoms with van der Waals surface area (Å²) < 4.78 is 98.8. The van der Waals surface area contributed by atoms with Crippen molar-refractivity contribution < 1.29 is 64.7 Å². The first-order valence-electron chi connectivity index (χ1n) is 15.3. The number of halogens is 9. The average Bonchev–Trinajstić information content (AvgIpc) is 3.16. The summed E-state index contributed by atoms with van der Waals surface area (Å²) in [4.78, 5) is 23.5. The molecule has 17 heteroatoms. The van der Waals surface area contributed by atoms with E-state index in [-0.39, 0.29) is 33.7 Å². The molecule has 0 atom stereocenters. The fourth-order valence-corrected chi connectivity index (χ4v) is 4.99. The summed E-state index contributed by atoms with van der Waals surface area (Å²) in [6, 6.07) is 19.4. The Balaban J connectivity index is 0.000000315. The number of hydrogen-bond donors (Lipinski definition) is 1. The van der Waals surface area contributed by atoms with Crippen molar-refractivity contribution in [3.05, 3.63) is 141 Å². The van der Waals surface area contributed by atoms with Gasteiger partial charge in [-0.25, -0.2) is 9.59 Å². The molecule has 0 spiro atoms. The molecule has 0 aromatic heterocycles. The lowest BCUT2D eigenvalue weighted by Gasteiger charge is -2.14. The number of aromatic hydroxyl groups is 1. The zero-order valence-corrected chi connectivity index (χ0v) is 31.6. The van der Waals surface area contributed by atoms with E-state index in [1.54, 1.807) is 30.3 Å². The van der Waals surface area contributed by atoms with Crippen LogP contribution in [0.5, 0.6) is 11.5 Å². The number of phenolic OH excluding ortho intramolecular Hbond substituents is 1. The van der Waals surface area contributed by atoms with Crippen molar-refractivity contribution in [3.63, 3.8) is 0 Å². The van der Waals surface area contributed by atoms with Crippen LogP contribution in [0, 0.1) is 0 Å². The third-order valence-electron chi connectivity index (χ3n) is 6.96. The highest BCUT2D eigenvalue weighted by Crippen LogP contribution is 2.36. The fourth-order valence-electron chi connectivity index (χ4n) is 4.34. The molecule has 4 aromatic rings. The van der Waals surface area contributed by atoms with Gasteiger partial charge in [0.25, 0.3) is 0 Å². The predicted molar refractivity (Wildman–Crippen MR) is 195 cm³/mol. The van der Waals surface area contributed by atoms with E-state index in [0.29, 0.717) is 28.6 Å². The van der Waals surface area contributed by atoms with Crippen molar-refractivity contribution in [2.75, 3.05) is 28.4 Å². The van der Waals surface area contributed by atoms with Gasteiger partial charge in [0.05, 0.1) is 62.1 Å². The maximum Gasteiger partial charge on any atom is 0.416 e. The summed E-state index contributed by atoms with van der Waals surface area (Å²) in [5, 5.41) is 8.35. The van der Waals surface area contributed by atoms with Gasteiger partial charge < -0.3 is 28.8 Å².